The fraction of sp³-hybridized carbons (Fsp3) is 0.219. The molecule has 9 nitrogen and oxygen atoms in total. The van der Waals surface area contributed by atoms with Crippen molar-refractivity contribution < 1.29 is 22.4 Å². The van der Waals surface area contributed by atoms with Crippen LogP contribution in [-0.2, 0) is 14.8 Å². The number of sulfonamides is 1. The predicted octanol–water partition coefficient (Wildman–Crippen LogP) is 6.76. The fourth-order valence-electron chi connectivity index (χ4n) is 5.51. The summed E-state index contributed by atoms with van der Waals surface area (Å²) in [4.78, 5) is 11.7. The van der Waals surface area contributed by atoms with E-state index in [1.807, 2.05) is 54.6 Å². The molecule has 1 aliphatic rings. The van der Waals surface area contributed by atoms with Gasteiger partial charge in [-0.1, -0.05) is 53.5 Å². The second-order valence-electron chi connectivity index (χ2n) is 10.5. The first-order valence-electron chi connectivity index (χ1n) is 13.9. The summed E-state index contributed by atoms with van der Waals surface area (Å²) in [6.07, 6.45) is 2.82. The Morgan fingerprint density at radius 1 is 0.932 bits per heavy atom. The number of rotatable bonds is 8. The summed E-state index contributed by atoms with van der Waals surface area (Å²) >= 11 is 12.4. The van der Waals surface area contributed by atoms with E-state index in [4.69, 9.17) is 27.6 Å². The minimum absolute atomic E-state index is 0.00284. The molecule has 0 radical (unpaired) electrons. The number of esters is 1. The Morgan fingerprint density at radius 2 is 1.55 bits per heavy atom. The molecule has 6 rings (SSSR count). The second-order valence-corrected chi connectivity index (χ2v) is 13.2. The number of halogens is 2. The third-order valence-electron chi connectivity index (χ3n) is 7.78. The molecular formula is C32H28Cl2N4O5S. The highest BCUT2D eigenvalue weighted by Crippen LogP contribution is 2.36. The van der Waals surface area contributed by atoms with Gasteiger partial charge in [-0.3, -0.25) is 0 Å². The monoisotopic (exact) mass is 650 g/mol. The van der Waals surface area contributed by atoms with Gasteiger partial charge >= 0.3 is 5.97 Å². The Kier molecular flexibility index (Phi) is 8.59. The van der Waals surface area contributed by atoms with Gasteiger partial charge in [0.2, 0.25) is 10.9 Å². The Labute approximate surface area is 264 Å². The standard InChI is InChI=1S/C32H28Cl2N4O5S/c1-42-32(39)29-12-13-30(43-29)44(40,41)38-16-14-25(15-17-38)36-28-19-35-37-27-11-6-22(18-26(27)28)31(20-2-7-23(33)8-3-20)21-4-9-24(34)10-5-21/h2-13,18-19,25,31H,14-17H2,1H3,(H,36,37). The number of ether oxygens (including phenoxy) is 1. The molecule has 0 atom stereocenters. The lowest BCUT2D eigenvalue weighted by molar-refractivity contribution is 0.0558. The van der Waals surface area contributed by atoms with Crippen molar-refractivity contribution in [3.63, 3.8) is 0 Å². The van der Waals surface area contributed by atoms with Crippen LogP contribution < -0.4 is 5.32 Å². The number of nitrogens with one attached hydrogen (secondary N) is 1. The molecule has 0 spiro atoms. The Balaban J connectivity index is 1.24. The van der Waals surface area contributed by atoms with Gasteiger partial charge in [-0.25, -0.2) is 13.2 Å². The Morgan fingerprint density at radius 3 is 2.16 bits per heavy atom. The number of carbonyl (C=O) groups excluding carboxylic acids is 1. The van der Waals surface area contributed by atoms with Crippen LogP contribution in [0.4, 0.5) is 5.69 Å². The maximum Gasteiger partial charge on any atom is 0.374 e. The number of aromatic nitrogens is 2. The molecule has 1 fully saturated rings. The zero-order chi connectivity index (χ0) is 30.8. The summed E-state index contributed by atoms with van der Waals surface area (Å²) in [6.45, 7) is 0.566. The highest BCUT2D eigenvalue weighted by Gasteiger charge is 2.32. The highest BCUT2D eigenvalue weighted by atomic mass is 35.5. The highest BCUT2D eigenvalue weighted by molar-refractivity contribution is 7.89. The maximum absolute atomic E-state index is 13.2. The summed E-state index contributed by atoms with van der Waals surface area (Å²) in [5.74, 6) is -0.971. The van der Waals surface area contributed by atoms with Crippen molar-refractivity contribution in [3.8, 4) is 0 Å². The Bertz CT molecular complexity index is 1860. The molecule has 5 aromatic rings. The lowest BCUT2D eigenvalue weighted by Crippen LogP contribution is -2.42. The van der Waals surface area contributed by atoms with Crippen molar-refractivity contribution in [2.24, 2.45) is 0 Å². The van der Waals surface area contributed by atoms with Crippen LogP contribution in [0.1, 0.15) is 46.0 Å². The van der Waals surface area contributed by atoms with Crippen LogP contribution in [0.2, 0.25) is 10.0 Å². The van der Waals surface area contributed by atoms with E-state index in [0.717, 1.165) is 33.3 Å². The molecule has 226 valence electrons. The van der Waals surface area contributed by atoms with E-state index in [9.17, 15) is 13.2 Å². The largest absolute Gasteiger partial charge is 0.463 e. The predicted molar refractivity (Wildman–Crippen MR) is 169 cm³/mol. The average molecular weight is 652 g/mol. The third kappa shape index (κ3) is 6.16. The van der Waals surface area contributed by atoms with Crippen molar-refractivity contribution in [2.45, 2.75) is 29.9 Å². The molecule has 0 aliphatic carbocycles. The average Bonchev–Trinajstić information content (AvgIpc) is 3.55. The van der Waals surface area contributed by atoms with Crippen LogP contribution in [0.15, 0.2) is 94.6 Å². The summed E-state index contributed by atoms with van der Waals surface area (Å²) in [7, 11) is -2.69. The van der Waals surface area contributed by atoms with Crippen molar-refractivity contribution in [1.82, 2.24) is 14.5 Å². The number of methoxy groups -OCH3 is 1. The van der Waals surface area contributed by atoms with Crippen LogP contribution in [-0.4, -0.2) is 55.1 Å². The summed E-state index contributed by atoms with van der Waals surface area (Å²) < 4.78 is 37.6. The fourth-order valence-corrected chi connectivity index (χ4v) is 7.15. The summed E-state index contributed by atoms with van der Waals surface area (Å²) in [5, 5.41) is 14.1. The van der Waals surface area contributed by atoms with Gasteiger partial charge in [0.1, 0.15) is 0 Å². The van der Waals surface area contributed by atoms with E-state index < -0.39 is 16.0 Å². The van der Waals surface area contributed by atoms with Gasteiger partial charge in [0, 0.05) is 40.5 Å². The first kappa shape index (κ1) is 30.1. The van der Waals surface area contributed by atoms with E-state index in [1.54, 1.807) is 6.20 Å². The number of fused-ring (bicyclic) bond motifs is 1. The van der Waals surface area contributed by atoms with Crippen molar-refractivity contribution in [3.05, 3.63) is 118 Å². The van der Waals surface area contributed by atoms with Gasteiger partial charge in [-0.15, -0.1) is 0 Å². The number of anilines is 1. The molecule has 2 aromatic heterocycles. The third-order valence-corrected chi connectivity index (χ3v) is 10.1. The smallest absolute Gasteiger partial charge is 0.374 e. The van der Waals surface area contributed by atoms with Gasteiger partial charge in [0.15, 0.2) is 0 Å². The molecule has 0 saturated carbocycles. The number of hydrogen-bond acceptors (Lipinski definition) is 8. The van der Waals surface area contributed by atoms with E-state index >= 15 is 0 Å². The summed E-state index contributed by atoms with van der Waals surface area (Å²) in [5.41, 5.74) is 4.78. The minimum Gasteiger partial charge on any atom is -0.463 e. The van der Waals surface area contributed by atoms with Crippen LogP contribution in [0.5, 0.6) is 0 Å². The van der Waals surface area contributed by atoms with E-state index in [1.165, 1.54) is 23.5 Å². The van der Waals surface area contributed by atoms with Crippen LogP contribution in [0, 0.1) is 0 Å². The van der Waals surface area contributed by atoms with E-state index in [0.29, 0.717) is 22.9 Å². The van der Waals surface area contributed by atoms with Crippen LogP contribution in [0.25, 0.3) is 10.9 Å². The molecule has 3 aromatic carbocycles. The lowest BCUT2D eigenvalue weighted by Gasteiger charge is -2.31. The molecule has 1 N–H and O–H groups in total. The van der Waals surface area contributed by atoms with Crippen LogP contribution in [0.3, 0.4) is 0 Å². The molecule has 3 heterocycles. The van der Waals surface area contributed by atoms with Crippen LogP contribution >= 0.6 is 23.2 Å². The molecule has 44 heavy (non-hydrogen) atoms. The number of piperidine rings is 1. The van der Waals surface area contributed by atoms with Crippen molar-refractivity contribution >= 4 is 55.8 Å². The van der Waals surface area contributed by atoms with Crippen molar-refractivity contribution in [2.75, 3.05) is 25.5 Å². The van der Waals surface area contributed by atoms with E-state index in [2.05, 4.69) is 32.4 Å². The SMILES string of the molecule is COC(=O)c1ccc(S(=O)(=O)N2CCC(Nc3cnnc4ccc(C(c5ccc(Cl)cc5)c5ccc(Cl)cc5)cc34)CC2)o1. The van der Waals surface area contributed by atoms with Gasteiger partial charge in [0.05, 0.1) is 24.5 Å². The van der Waals surface area contributed by atoms with E-state index in [-0.39, 0.29) is 35.9 Å². The lowest BCUT2D eigenvalue weighted by atomic mass is 9.84. The molecule has 12 heteroatoms. The summed E-state index contributed by atoms with van der Waals surface area (Å²) in [6, 6.07) is 24.4. The molecule has 0 amide bonds. The maximum atomic E-state index is 13.2. The Hall–Kier alpha value is -3.96. The zero-order valence-corrected chi connectivity index (χ0v) is 25.9. The van der Waals surface area contributed by atoms with Crippen molar-refractivity contribution in [1.29, 1.82) is 0 Å². The second kappa shape index (κ2) is 12.6. The van der Waals surface area contributed by atoms with Gasteiger partial charge < -0.3 is 14.5 Å². The number of nitrogens with zero attached hydrogens (tertiary/aromatic N) is 3. The van der Waals surface area contributed by atoms with Gasteiger partial charge in [0.25, 0.3) is 10.0 Å². The minimum atomic E-state index is -3.90. The van der Waals surface area contributed by atoms with Gasteiger partial charge in [-0.05, 0) is 78.1 Å². The number of carbonyl (C=O) groups is 1. The quantitative estimate of drug-likeness (QED) is 0.145. The first-order valence-corrected chi connectivity index (χ1v) is 16.1. The first-order chi connectivity index (χ1) is 21.2. The number of hydrogen-bond donors (Lipinski definition) is 1. The number of benzene rings is 3. The number of furan rings is 1. The molecule has 1 saturated heterocycles. The van der Waals surface area contributed by atoms with Gasteiger partial charge in [-0.2, -0.15) is 14.5 Å². The normalized spacial score (nSPS) is 14.6. The molecule has 1 aliphatic heterocycles. The zero-order valence-electron chi connectivity index (χ0n) is 23.6. The molecular weight excluding hydrogens is 623 g/mol. The molecule has 0 unspecified atom stereocenters. The topological polar surface area (TPSA) is 115 Å². The molecule has 0 bridgehead atoms.